The zero-order valence-corrected chi connectivity index (χ0v) is 21.9. The van der Waals surface area contributed by atoms with Crippen LogP contribution in [0.5, 0.6) is 17.2 Å². The molecule has 1 atom stereocenters. The van der Waals surface area contributed by atoms with E-state index in [0.29, 0.717) is 53.9 Å². The second-order valence-corrected chi connectivity index (χ2v) is 9.63. The van der Waals surface area contributed by atoms with Gasteiger partial charge in [-0.15, -0.1) is 0 Å². The highest BCUT2D eigenvalue weighted by atomic mass is 16.5. The van der Waals surface area contributed by atoms with E-state index in [1.165, 1.54) is 24.0 Å². The molecule has 1 heterocycles. The molecule has 1 aliphatic rings. The monoisotopic (exact) mass is 496 g/mol. The highest BCUT2D eigenvalue weighted by molar-refractivity contribution is 6.46. The summed E-state index contributed by atoms with van der Waals surface area (Å²) in [5, 5.41) is 13.6. The number of benzene rings is 2. The molecule has 0 aliphatic carbocycles. The van der Waals surface area contributed by atoms with Crippen LogP contribution >= 0.6 is 0 Å². The van der Waals surface area contributed by atoms with Gasteiger partial charge >= 0.3 is 0 Å². The van der Waals surface area contributed by atoms with Crippen molar-refractivity contribution >= 4 is 17.4 Å². The van der Waals surface area contributed by atoms with Crippen LogP contribution < -0.4 is 24.2 Å². The fourth-order valence-electron chi connectivity index (χ4n) is 4.19. The molecule has 194 valence electrons. The van der Waals surface area contributed by atoms with Crippen molar-refractivity contribution in [2.24, 2.45) is 5.92 Å². The van der Waals surface area contributed by atoms with Gasteiger partial charge in [0.2, 0.25) is 5.78 Å². The minimum atomic E-state index is -0.814. The summed E-state index contributed by atoms with van der Waals surface area (Å²) in [6.45, 7) is 5.84. The number of ether oxygens (including phenoxy) is 3. The molecular formula is C28H36N2O6. The Kier molecular flexibility index (Phi) is 8.98. The van der Waals surface area contributed by atoms with Crippen LogP contribution in [0, 0.1) is 5.92 Å². The molecule has 8 heteroatoms. The van der Waals surface area contributed by atoms with E-state index in [4.69, 9.17) is 14.2 Å². The molecule has 1 saturated heterocycles. The predicted octanol–water partition coefficient (Wildman–Crippen LogP) is 1.50. The summed E-state index contributed by atoms with van der Waals surface area (Å²) in [6, 6.07) is 11.1. The lowest BCUT2D eigenvalue weighted by atomic mass is 9.95. The first-order valence-corrected chi connectivity index (χ1v) is 12.2. The van der Waals surface area contributed by atoms with Crippen molar-refractivity contribution in [2.75, 3.05) is 48.0 Å². The number of ketones is 1. The molecule has 36 heavy (non-hydrogen) atoms. The lowest BCUT2D eigenvalue weighted by Crippen LogP contribution is -3.05. The molecule has 2 aromatic rings. The molecule has 1 N–H and O–H groups in total. The Labute approximate surface area is 213 Å². The van der Waals surface area contributed by atoms with Gasteiger partial charge < -0.3 is 29.1 Å². The number of Topliss-reactive ketones (excluding diaryl/α,β-unsaturated/α-hetero) is 1. The number of nitrogens with zero attached hydrogens (tertiary/aromatic N) is 1. The summed E-state index contributed by atoms with van der Waals surface area (Å²) < 4.78 is 16.5. The van der Waals surface area contributed by atoms with Crippen molar-refractivity contribution in [1.29, 1.82) is 0 Å². The smallest absolute Gasteiger partial charge is 0.295 e. The van der Waals surface area contributed by atoms with E-state index in [0.717, 1.165) is 6.54 Å². The number of likely N-dealkylation sites (tertiary alicyclic amines) is 1. The molecule has 0 bridgehead atoms. The molecule has 1 fully saturated rings. The molecule has 3 rings (SSSR count). The fraction of sp³-hybridized carbons (Fsp3) is 0.429. The molecule has 0 radical (unpaired) electrons. The van der Waals surface area contributed by atoms with Gasteiger partial charge in [-0.25, -0.2) is 0 Å². The largest absolute Gasteiger partial charge is 0.872 e. The lowest BCUT2D eigenvalue weighted by molar-refractivity contribution is -0.858. The standard InChI is InChI=1S/C28H36N2O6/c1-18(2)17-36-21-11-8-19(9-12-21)26(31)24-25(20-10-13-22(34-5)23(16-20)35-6)30(28(33)27(24)32)15-7-14-29(3)4/h8-13,16,18,25,31H,7,14-15,17H2,1-6H3. The Bertz CT molecular complexity index is 1110. The zero-order chi connectivity index (χ0) is 26.4. The summed E-state index contributed by atoms with van der Waals surface area (Å²) >= 11 is 0. The van der Waals surface area contributed by atoms with Gasteiger partial charge in [0.05, 0.1) is 47.5 Å². The average Bonchev–Trinajstić information content (AvgIpc) is 3.11. The second kappa shape index (κ2) is 11.9. The van der Waals surface area contributed by atoms with Gasteiger partial charge in [-0.3, -0.25) is 9.59 Å². The molecule has 1 amide bonds. The Morgan fingerprint density at radius 2 is 1.69 bits per heavy atom. The number of methoxy groups -OCH3 is 2. The third kappa shape index (κ3) is 5.99. The van der Waals surface area contributed by atoms with Gasteiger partial charge in [-0.05, 0) is 41.3 Å². The maximum atomic E-state index is 13.6. The van der Waals surface area contributed by atoms with Crippen LogP contribution in [-0.4, -0.2) is 64.6 Å². The van der Waals surface area contributed by atoms with Crippen LogP contribution in [0.4, 0.5) is 0 Å². The molecule has 1 aliphatic heterocycles. The predicted molar refractivity (Wildman–Crippen MR) is 135 cm³/mol. The van der Waals surface area contributed by atoms with E-state index < -0.39 is 23.5 Å². The maximum Gasteiger partial charge on any atom is 0.295 e. The summed E-state index contributed by atoms with van der Waals surface area (Å²) in [4.78, 5) is 29.0. The molecular weight excluding hydrogens is 460 g/mol. The maximum absolute atomic E-state index is 13.6. The Hall–Kier alpha value is -3.52. The number of hydrogen-bond acceptors (Lipinski definition) is 6. The van der Waals surface area contributed by atoms with E-state index in [-0.39, 0.29) is 5.57 Å². The fourth-order valence-corrected chi connectivity index (χ4v) is 4.19. The molecule has 1 unspecified atom stereocenters. The number of amides is 1. The number of hydrogen-bond donors (Lipinski definition) is 1. The van der Waals surface area contributed by atoms with Crippen LogP contribution in [0.15, 0.2) is 48.0 Å². The number of carbonyl (C=O) groups is 2. The molecule has 0 saturated carbocycles. The summed E-state index contributed by atoms with van der Waals surface area (Å²) in [5.41, 5.74) is 0.887. The number of carbonyl (C=O) groups excluding carboxylic acids is 2. The zero-order valence-electron chi connectivity index (χ0n) is 21.9. The highest BCUT2D eigenvalue weighted by Crippen LogP contribution is 2.41. The van der Waals surface area contributed by atoms with Crippen molar-refractivity contribution in [1.82, 2.24) is 4.90 Å². The first-order valence-electron chi connectivity index (χ1n) is 12.2. The summed E-state index contributed by atoms with van der Waals surface area (Å²) in [7, 11) is 7.10. The highest BCUT2D eigenvalue weighted by Gasteiger charge is 2.44. The topological polar surface area (TPSA) is 92.6 Å². The van der Waals surface area contributed by atoms with Crippen molar-refractivity contribution in [3.8, 4) is 17.2 Å². The minimum absolute atomic E-state index is 0.0553. The SMILES string of the molecule is COc1ccc(C2C(=C([O-])c3ccc(OCC(C)C)cc3)C(=O)C(=O)N2CCC[NH+](C)C)cc1OC. The summed E-state index contributed by atoms with van der Waals surface area (Å²) in [5.74, 6) is 0.0854. The van der Waals surface area contributed by atoms with E-state index in [2.05, 4.69) is 13.8 Å². The second-order valence-electron chi connectivity index (χ2n) is 9.63. The van der Waals surface area contributed by atoms with Gasteiger partial charge in [0, 0.05) is 18.5 Å². The van der Waals surface area contributed by atoms with E-state index in [1.807, 2.05) is 14.1 Å². The summed E-state index contributed by atoms with van der Waals surface area (Å²) in [6.07, 6.45) is 0.689. The third-order valence-electron chi connectivity index (χ3n) is 6.03. The molecule has 0 spiro atoms. The van der Waals surface area contributed by atoms with Crippen molar-refractivity contribution < 1.29 is 33.8 Å². The average molecular weight is 497 g/mol. The van der Waals surface area contributed by atoms with Crippen LogP contribution in [0.3, 0.4) is 0 Å². The number of rotatable bonds is 11. The van der Waals surface area contributed by atoms with E-state index in [1.54, 1.807) is 42.5 Å². The molecule has 0 aromatic heterocycles. The number of quaternary nitrogens is 1. The molecule has 8 nitrogen and oxygen atoms in total. The Morgan fingerprint density at radius 3 is 2.28 bits per heavy atom. The Balaban J connectivity index is 2.06. The van der Waals surface area contributed by atoms with Gasteiger partial charge in [-0.2, -0.15) is 0 Å². The Morgan fingerprint density at radius 1 is 1.03 bits per heavy atom. The first kappa shape index (κ1) is 27.1. The normalized spacial score (nSPS) is 17.2. The van der Waals surface area contributed by atoms with E-state index in [9.17, 15) is 14.7 Å². The van der Waals surface area contributed by atoms with Crippen molar-refractivity contribution in [2.45, 2.75) is 26.3 Å². The minimum Gasteiger partial charge on any atom is -0.872 e. The van der Waals surface area contributed by atoms with Crippen LogP contribution in [0.2, 0.25) is 0 Å². The van der Waals surface area contributed by atoms with Gasteiger partial charge in [-0.1, -0.05) is 37.8 Å². The van der Waals surface area contributed by atoms with Crippen LogP contribution in [-0.2, 0) is 9.59 Å². The van der Waals surface area contributed by atoms with Gasteiger partial charge in [0.1, 0.15) is 5.75 Å². The van der Waals surface area contributed by atoms with Crippen LogP contribution in [0.25, 0.3) is 5.76 Å². The first-order chi connectivity index (χ1) is 17.2. The number of nitrogens with one attached hydrogen (secondary N) is 1. The van der Waals surface area contributed by atoms with Gasteiger partial charge in [0.25, 0.3) is 5.91 Å². The van der Waals surface area contributed by atoms with Crippen molar-refractivity contribution in [3.05, 3.63) is 59.2 Å². The quantitative estimate of drug-likeness (QED) is 0.288. The lowest BCUT2D eigenvalue weighted by Gasteiger charge is -2.28. The van der Waals surface area contributed by atoms with Crippen LogP contribution in [0.1, 0.15) is 37.4 Å². The van der Waals surface area contributed by atoms with E-state index >= 15 is 0 Å². The van der Waals surface area contributed by atoms with Gasteiger partial charge in [0.15, 0.2) is 11.5 Å². The third-order valence-corrected chi connectivity index (χ3v) is 6.03. The van der Waals surface area contributed by atoms with Crippen molar-refractivity contribution in [3.63, 3.8) is 0 Å². The molecule has 2 aromatic carbocycles.